The number of hydrogen-bond acceptors (Lipinski definition) is 4. The van der Waals surface area contributed by atoms with E-state index >= 15 is 0 Å². The van der Waals surface area contributed by atoms with Gasteiger partial charge in [-0.3, -0.25) is 4.52 Å². The first-order chi connectivity index (χ1) is 8.29. The minimum Gasteiger partial charge on any atom is -0.302 e. The Morgan fingerprint density at radius 2 is 1.68 bits per heavy atom. The summed E-state index contributed by atoms with van der Waals surface area (Å²) in [7, 11) is -9.90. The molecule has 19 heavy (non-hydrogen) atoms. The van der Waals surface area contributed by atoms with Gasteiger partial charge < -0.3 is 14.7 Å². The molecule has 0 heterocycles. The topological polar surface area (TPSA) is 113 Å². The van der Waals surface area contributed by atoms with Crippen LogP contribution < -0.4 is 0 Å². The fourth-order valence-electron chi connectivity index (χ4n) is 2.52. The van der Waals surface area contributed by atoms with E-state index in [-0.39, 0.29) is 5.92 Å². The molecule has 3 unspecified atom stereocenters. The molecule has 1 aliphatic rings. The molecule has 3 N–H and O–H groups in total. The van der Waals surface area contributed by atoms with Crippen LogP contribution in [0.15, 0.2) is 0 Å². The van der Waals surface area contributed by atoms with Gasteiger partial charge in [-0.15, -0.1) is 0 Å². The molecule has 0 aromatic heterocycles. The highest BCUT2D eigenvalue weighted by molar-refractivity contribution is 7.60. The lowest BCUT2D eigenvalue weighted by atomic mass is 9.61. The molecule has 0 bridgehead atoms. The summed E-state index contributed by atoms with van der Waals surface area (Å²) in [4.78, 5) is 26.8. The summed E-state index contributed by atoms with van der Waals surface area (Å²) in [5.74, 6) is 0.251. The second kappa shape index (κ2) is 5.23. The van der Waals surface area contributed by atoms with Gasteiger partial charge in [0.2, 0.25) is 0 Å². The molecular weight excluding hydrogens is 294 g/mol. The van der Waals surface area contributed by atoms with Crippen LogP contribution >= 0.6 is 15.6 Å². The Labute approximate surface area is 113 Å². The minimum atomic E-state index is -5.08. The normalized spacial score (nSPS) is 34.8. The summed E-state index contributed by atoms with van der Waals surface area (Å²) in [6.45, 7) is 7.52. The summed E-state index contributed by atoms with van der Waals surface area (Å²) in [5, 5.41) is 0. The van der Waals surface area contributed by atoms with Crippen molar-refractivity contribution in [1.29, 1.82) is 0 Å². The SMILES string of the molecule is CC1CCCC(C)(OP(=O)(O)OP(=O)(O)O)C1(C)C. The number of hydrogen-bond donors (Lipinski definition) is 3. The van der Waals surface area contributed by atoms with Crippen LogP contribution in [-0.4, -0.2) is 20.3 Å². The zero-order chi connectivity index (χ0) is 15.1. The lowest BCUT2D eigenvalue weighted by Gasteiger charge is -2.51. The zero-order valence-electron chi connectivity index (χ0n) is 11.6. The average molecular weight is 316 g/mol. The van der Waals surface area contributed by atoms with Crippen molar-refractivity contribution in [2.24, 2.45) is 11.3 Å². The first-order valence-electron chi connectivity index (χ1n) is 6.09. The van der Waals surface area contributed by atoms with Gasteiger partial charge in [0.1, 0.15) is 0 Å². The molecule has 1 aliphatic carbocycles. The second-order valence-corrected chi connectivity index (χ2v) is 8.63. The Morgan fingerprint density at radius 3 is 2.16 bits per heavy atom. The molecule has 0 aromatic carbocycles. The van der Waals surface area contributed by atoms with E-state index in [1.807, 2.05) is 20.8 Å². The smallest absolute Gasteiger partial charge is 0.302 e. The Morgan fingerprint density at radius 1 is 1.16 bits per heavy atom. The van der Waals surface area contributed by atoms with Crippen LogP contribution in [0.3, 0.4) is 0 Å². The lowest BCUT2D eigenvalue weighted by Crippen LogP contribution is -2.50. The predicted octanol–water partition coefficient (Wildman–Crippen LogP) is 2.82. The highest BCUT2D eigenvalue weighted by atomic mass is 31.3. The molecule has 0 saturated heterocycles. The van der Waals surface area contributed by atoms with Crippen molar-refractivity contribution >= 4 is 15.6 Å². The van der Waals surface area contributed by atoms with Gasteiger partial charge in [0.05, 0.1) is 5.60 Å². The summed E-state index contributed by atoms with van der Waals surface area (Å²) in [6, 6.07) is 0. The van der Waals surface area contributed by atoms with Crippen molar-refractivity contribution in [1.82, 2.24) is 0 Å². The van der Waals surface area contributed by atoms with E-state index in [0.717, 1.165) is 12.8 Å². The number of phosphoric ester groups is 1. The highest BCUT2D eigenvalue weighted by Crippen LogP contribution is 2.63. The maximum atomic E-state index is 11.7. The predicted molar refractivity (Wildman–Crippen MR) is 69.2 cm³/mol. The molecular formula is C10H22O7P2. The maximum Gasteiger partial charge on any atom is 0.481 e. The Balaban J connectivity index is 2.95. The monoisotopic (exact) mass is 316 g/mol. The van der Waals surface area contributed by atoms with E-state index in [9.17, 15) is 14.0 Å². The molecule has 3 atom stereocenters. The van der Waals surface area contributed by atoms with Gasteiger partial charge in [-0.05, 0) is 31.1 Å². The van der Waals surface area contributed by atoms with Crippen LogP contribution in [0.4, 0.5) is 0 Å². The van der Waals surface area contributed by atoms with Gasteiger partial charge in [-0.1, -0.05) is 27.2 Å². The fourth-order valence-corrected chi connectivity index (χ4v) is 4.56. The van der Waals surface area contributed by atoms with Crippen LogP contribution in [0.1, 0.15) is 47.0 Å². The van der Waals surface area contributed by atoms with Crippen molar-refractivity contribution in [3.8, 4) is 0 Å². The van der Waals surface area contributed by atoms with Gasteiger partial charge in [-0.25, -0.2) is 9.13 Å². The van der Waals surface area contributed by atoms with Crippen LogP contribution in [0, 0.1) is 11.3 Å². The van der Waals surface area contributed by atoms with E-state index in [0.29, 0.717) is 6.42 Å². The van der Waals surface area contributed by atoms with Crippen LogP contribution in [0.2, 0.25) is 0 Å². The van der Waals surface area contributed by atoms with Crippen molar-refractivity contribution in [2.75, 3.05) is 0 Å². The molecule has 1 saturated carbocycles. The van der Waals surface area contributed by atoms with E-state index in [1.54, 1.807) is 6.92 Å². The molecule has 0 aliphatic heterocycles. The minimum absolute atomic E-state index is 0.251. The van der Waals surface area contributed by atoms with Gasteiger partial charge >= 0.3 is 15.6 Å². The van der Waals surface area contributed by atoms with Crippen LogP contribution in [0.25, 0.3) is 0 Å². The van der Waals surface area contributed by atoms with Gasteiger partial charge in [-0.2, -0.15) is 4.31 Å². The summed E-state index contributed by atoms with van der Waals surface area (Å²) in [6.07, 6.45) is 2.32. The number of rotatable bonds is 4. The Bertz CT molecular complexity index is 430. The third-order valence-electron chi connectivity index (χ3n) is 4.41. The molecule has 7 nitrogen and oxygen atoms in total. The molecule has 1 rings (SSSR count). The summed E-state index contributed by atoms with van der Waals surface area (Å²) >= 11 is 0. The van der Waals surface area contributed by atoms with Crippen molar-refractivity contribution in [3.05, 3.63) is 0 Å². The van der Waals surface area contributed by atoms with E-state index in [2.05, 4.69) is 4.31 Å². The molecule has 0 spiro atoms. The molecule has 9 heteroatoms. The molecule has 0 aromatic rings. The molecule has 0 amide bonds. The molecule has 0 radical (unpaired) electrons. The van der Waals surface area contributed by atoms with Crippen molar-refractivity contribution < 1.29 is 32.6 Å². The Hall–Kier alpha value is 0.260. The standard InChI is InChI=1S/C10H22O7P2/c1-8-6-5-7-10(4,9(8,2)3)16-19(14,15)17-18(11,12)13/h8H,5-7H2,1-4H3,(H,14,15)(H2,11,12,13). The third-order valence-corrected chi connectivity index (χ3v) is 6.72. The van der Waals surface area contributed by atoms with Crippen LogP contribution in [0.5, 0.6) is 0 Å². The Kier molecular flexibility index (Phi) is 4.76. The van der Waals surface area contributed by atoms with Crippen molar-refractivity contribution in [3.63, 3.8) is 0 Å². The van der Waals surface area contributed by atoms with E-state index in [4.69, 9.17) is 14.3 Å². The third kappa shape index (κ3) is 4.11. The lowest BCUT2D eigenvalue weighted by molar-refractivity contribution is -0.101. The fraction of sp³-hybridized carbons (Fsp3) is 1.00. The second-order valence-electron chi connectivity index (χ2n) is 5.88. The van der Waals surface area contributed by atoms with Gasteiger partial charge in [0, 0.05) is 0 Å². The molecule has 1 fully saturated rings. The van der Waals surface area contributed by atoms with Crippen LogP contribution in [-0.2, 0) is 18.0 Å². The first kappa shape index (κ1) is 17.3. The van der Waals surface area contributed by atoms with Gasteiger partial charge in [0.15, 0.2) is 0 Å². The van der Waals surface area contributed by atoms with E-state index in [1.165, 1.54) is 0 Å². The van der Waals surface area contributed by atoms with Gasteiger partial charge in [0.25, 0.3) is 0 Å². The maximum absolute atomic E-state index is 11.7. The van der Waals surface area contributed by atoms with Crippen molar-refractivity contribution in [2.45, 2.75) is 52.6 Å². The quantitative estimate of drug-likeness (QED) is 0.683. The first-order valence-corrected chi connectivity index (χ1v) is 9.12. The van der Waals surface area contributed by atoms with E-state index < -0.39 is 26.7 Å². The summed E-state index contributed by atoms with van der Waals surface area (Å²) in [5.41, 5.74) is -1.40. The average Bonchev–Trinajstić information content (AvgIpc) is 2.09. The number of phosphoric acid groups is 2. The zero-order valence-corrected chi connectivity index (χ0v) is 13.4. The summed E-state index contributed by atoms with van der Waals surface area (Å²) < 4.78 is 31.4. The molecule has 114 valence electrons. The largest absolute Gasteiger partial charge is 0.481 e. The highest BCUT2D eigenvalue weighted by Gasteiger charge is 2.52.